The van der Waals surface area contributed by atoms with Gasteiger partial charge < -0.3 is 10.6 Å². The lowest BCUT2D eigenvalue weighted by molar-refractivity contribution is 0.659. The Labute approximate surface area is 120 Å². The molecule has 0 atom stereocenters. The van der Waals surface area contributed by atoms with Gasteiger partial charge in [-0.15, -0.1) is 0 Å². The molecule has 1 fully saturated rings. The number of rotatable bonds is 4. The highest BCUT2D eigenvalue weighted by molar-refractivity contribution is 7.99. The molecule has 2 N–H and O–H groups in total. The topological polar surface area (TPSA) is 49.8 Å². The largest absolute Gasteiger partial charge is 0.373 e. The molecule has 1 aliphatic heterocycles. The average molecular weight is 280 g/mol. The van der Waals surface area contributed by atoms with Crippen molar-refractivity contribution in [3.8, 4) is 0 Å². The van der Waals surface area contributed by atoms with Gasteiger partial charge in [-0.05, 0) is 31.3 Å². The number of nitrogens with one attached hydrogen (secondary N) is 2. The molecule has 1 aromatic heterocycles. The number of aromatic nitrogens is 2. The molecule has 0 aliphatic carbocycles. The van der Waals surface area contributed by atoms with Crippen LogP contribution in [0.4, 0.5) is 11.6 Å². The van der Waals surface area contributed by atoms with Crippen molar-refractivity contribution in [1.82, 2.24) is 9.97 Å². The minimum Gasteiger partial charge on any atom is -0.373 e. The number of anilines is 2. The van der Waals surface area contributed by atoms with E-state index in [2.05, 4.69) is 36.4 Å². The van der Waals surface area contributed by atoms with Gasteiger partial charge in [0.15, 0.2) is 0 Å². The zero-order valence-electron chi connectivity index (χ0n) is 12.3. The van der Waals surface area contributed by atoms with Gasteiger partial charge in [0.05, 0.1) is 0 Å². The Hall–Kier alpha value is -0.970. The van der Waals surface area contributed by atoms with Crippen molar-refractivity contribution in [2.24, 2.45) is 0 Å². The maximum atomic E-state index is 4.71. The molecule has 0 bridgehead atoms. The second-order valence-electron chi connectivity index (χ2n) is 5.34. The van der Waals surface area contributed by atoms with Crippen molar-refractivity contribution in [3.05, 3.63) is 11.4 Å². The van der Waals surface area contributed by atoms with E-state index < -0.39 is 0 Å². The van der Waals surface area contributed by atoms with Crippen LogP contribution in [0.25, 0.3) is 0 Å². The average Bonchev–Trinajstić information content (AvgIpc) is 2.42. The van der Waals surface area contributed by atoms with Crippen LogP contribution in [0.2, 0.25) is 0 Å². The van der Waals surface area contributed by atoms with E-state index in [9.17, 15) is 0 Å². The molecule has 106 valence electrons. The standard InChI is InChI=1S/C14H24N4S/c1-9(2)12-17-13(15-4)10(3)14(18-12)16-11-5-7-19-8-6-11/h9,11H,5-8H2,1-4H3,(H2,15,16,17,18). The van der Waals surface area contributed by atoms with E-state index >= 15 is 0 Å². The lowest BCUT2D eigenvalue weighted by Crippen LogP contribution is -2.26. The molecule has 0 aromatic carbocycles. The smallest absolute Gasteiger partial charge is 0.135 e. The first-order chi connectivity index (χ1) is 9.11. The monoisotopic (exact) mass is 280 g/mol. The third kappa shape index (κ3) is 3.53. The highest BCUT2D eigenvalue weighted by Crippen LogP contribution is 2.26. The number of nitrogens with zero attached hydrogens (tertiary/aromatic N) is 2. The van der Waals surface area contributed by atoms with Gasteiger partial charge in [-0.1, -0.05) is 13.8 Å². The number of hydrogen-bond donors (Lipinski definition) is 2. The van der Waals surface area contributed by atoms with Gasteiger partial charge in [0.1, 0.15) is 17.5 Å². The predicted octanol–water partition coefficient (Wildman–Crippen LogP) is 3.26. The minimum atomic E-state index is 0.343. The Balaban J connectivity index is 2.24. The molecule has 0 unspecified atom stereocenters. The molecule has 2 rings (SSSR count). The lowest BCUT2D eigenvalue weighted by Gasteiger charge is -2.25. The van der Waals surface area contributed by atoms with Gasteiger partial charge in [-0.25, -0.2) is 9.97 Å². The SMILES string of the molecule is CNc1nc(C(C)C)nc(NC2CCSCC2)c1C. The molecule has 2 heterocycles. The Bertz CT molecular complexity index is 428. The van der Waals surface area contributed by atoms with E-state index in [4.69, 9.17) is 4.98 Å². The van der Waals surface area contributed by atoms with Crippen LogP contribution >= 0.6 is 11.8 Å². The summed E-state index contributed by atoms with van der Waals surface area (Å²) in [5.74, 6) is 5.68. The molecular weight excluding hydrogens is 256 g/mol. The fourth-order valence-electron chi connectivity index (χ4n) is 2.21. The molecule has 0 amide bonds. The molecule has 0 spiro atoms. The van der Waals surface area contributed by atoms with Gasteiger partial charge in [-0.2, -0.15) is 11.8 Å². The Morgan fingerprint density at radius 1 is 1.16 bits per heavy atom. The van der Waals surface area contributed by atoms with E-state index in [1.54, 1.807) is 0 Å². The third-order valence-corrected chi connectivity index (χ3v) is 4.53. The van der Waals surface area contributed by atoms with E-state index in [0.717, 1.165) is 23.0 Å². The summed E-state index contributed by atoms with van der Waals surface area (Å²) in [7, 11) is 1.92. The zero-order chi connectivity index (χ0) is 13.8. The fraction of sp³-hybridized carbons (Fsp3) is 0.714. The quantitative estimate of drug-likeness (QED) is 0.886. The summed E-state index contributed by atoms with van der Waals surface area (Å²) in [4.78, 5) is 9.28. The summed E-state index contributed by atoms with van der Waals surface area (Å²) in [5, 5.41) is 6.79. The van der Waals surface area contributed by atoms with Crippen LogP contribution < -0.4 is 10.6 Å². The maximum Gasteiger partial charge on any atom is 0.135 e. The van der Waals surface area contributed by atoms with E-state index in [0.29, 0.717) is 12.0 Å². The van der Waals surface area contributed by atoms with Gasteiger partial charge in [0, 0.05) is 24.6 Å². The summed E-state index contributed by atoms with van der Waals surface area (Å²) in [6.07, 6.45) is 2.44. The molecule has 19 heavy (non-hydrogen) atoms. The lowest BCUT2D eigenvalue weighted by atomic mass is 10.1. The molecular formula is C14H24N4S. The normalized spacial score (nSPS) is 16.7. The number of hydrogen-bond acceptors (Lipinski definition) is 5. The summed E-state index contributed by atoms with van der Waals surface area (Å²) < 4.78 is 0. The maximum absolute atomic E-state index is 4.71. The van der Waals surface area contributed by atoms with E-state index in [-0.39, 0.29) is 0 Å². The first kappa shape index (κ1) is 14.4. The van der Waals surface area contributed by atoms with Crippen LogP contribution in [0.1, 0.15) is 44.0 Å². The minimum absolute atomic E-state index is 0.343. The first-order valence-electron chi connectivity index (χ1n) is 7.02. The summed E-state index contributed by atoms with van der Waals surface area (Å²) in [6, 6.07) is 0.555. The molecule has 1 aromatic rings. The van der Waals surface area contributed by atoms with Crippen LogP contribution in [-0.4, -0.2) is 34.6 Å². The predicted molar refractivity (Wildman–Crippen MR) is 84.4 cm³/mol. The van der Waals surface area contributed by atoms with Crippen LogP contribution in [0.3, 0.4) is 0 Å². The summed E-state index contributed by atoms with van der Waals surface area (Å²) >= 11 is 2.04. The van der Waals surface area contributed by atoms with Crippen LogP contribution in [0, 0.1) is 6.92 Å². The highest BCUT2D eigenvalue weighted by atomic mass is 32.2. The van der Waals surface area contributed by atoms with Crippen LogP contribution in [0.5, 0.6) is 0 Å². The second kappa shape index (κ2) is 6.46. The van der Waals surface area contributed by atoms with Crippen molar-refractivity contribution in [3.63, 3.8) is 0 Å². The summed E-state index contributed by atoms with van der Waals surface area (Å²) in [5.41, 5.74) is 1.12. The summed E-state index contributed by atoms with van der Waals surface area (Å²) in [6.45, 7) is 6.34. The van der Waals surface area contributed by atoms with Gasteiger partial charge in [0.2, 0.25) is 0 Å². The van der Waals surface area contributed by atoms with Crippen molar-refractivity contribution >= 4 is 23.4 Å². The third-order valence-electron chi connectivity index (χ3n) is 3.48. The molecule has 0 saturated carbocycles. The molecule has 4 nitrogen and oxygen atoms in total. The Kier molecular flexibility index (Phi) is 4.91. The van der Waals surface area contributed by atoms with E-state index in [1.807, 2.05) is 18.8 Å². The van der Waals surface area contributed by atoms with Crippen molar-refractivity contribution in [2.75, 3.05) is 29.2 Å². The van der Waals surface area contributed by atoms with Gasteiger partial charge in [-0.3, -0.25) is 0 Å². The Morgan fingerprint density at radius 3 is 2.37 bits per heavy atom. The van der Waals surface area contributed by atoms with Crippen molar-refractivity contribution < 1.29 is 0 Å². The highest BCUT2D eigenvalue weighted by Gasteiger charge is 2.17. The van der Waals surface area contributed by atoms with E-state index in [1.165, 1.54) is 24.3 Å². The zero-order valence-corrected chi connectivity index (χ0v) is 13.1. The molecule has 5 heteroatoms. The van der Waals surface area contributed by atoms with Crippen molar-refractivity contribution in [2.45, 2.75) is 45.6 Å². The molecule has 0 radical (unpaired) electrons. The Morgan fingerprint density at radius 2 is 1.79 bits per heavy atom. The van der Waals surface area contributed by atoms with Crippen LogP contribution in [-0.2, 0) is 0 Å². The first-order valence-corrected chi connectivity index (χ1v) is 8.18. The second-order valence-corrected chi connectivity index (χ2v) is 6.56. The van der Waals surface area contributed by atoms with Gasteiger partial charge in [0.25, 0.3) is 0 Å². The van der Waals surface area contributed by atoms with Crippen molar-refractivity contribution in [1.29, 1.82) is 0 Å². The number of thioether (sulfide) groups is 1. The fourth-order valence-corrected chi connectivity index (χ4v) is 3.32. The van der Waals surface area contributed by atoms with Crippen LogP contribution in [0.15, 0.2) is 0 Å². The van der Waals surface area contributed by atoms with Gasteiger partial charge >= 0.3 is 0 Å². The molecule has 1 aliphatic rings. The molecule has 1 saturated heterocycles.